The number of carbonyl (C=O) groups is 2. The molecule has 2 rings (SSSR count). The Labute approximate surface area is 111 Å². The molecular formula is C13H15ClN2O2. The summed E-state index contributed by atoms with van der Waals surface area (Å²) in [5.74, 6) is -0.0629. The summed E-state index contributed by atoms with van der Waals surface area (Å²) in [5, 5.41) is 3.18. The summed E-state index contributed by atoms with van der Waals surface area (Å²) in [4.78, 5) is 24.9. The molecule has 0 saturated heterocycles. The van der Waals surface area contributed by atoms with Gasteiger partial charge >= 0.3 is 0 Å². The van der Waals surface area contributed by atoms with Gasteiger partial charge in [0.2, 0.25) is 11.8 Å². The molecule has 0 aliphatic heterocycles. The maximum Gasteiger partial charge on any atom is 0.244 e. The third-order valence-electron chi connectivity index (χ3n) is 2.83. The Hall–Kier alpha value is -1.55. The molecule has 1 fully saturated rings. The Morgan fingerprint density at radius 1 is 1.39 bits per heavy atom. The number of nitrogens with one attached hydrogen (secondary N) is 1. The van der Waals surface area contributed by atoms with E-state index < -0.39 is 0 Å². The summed E-state index contributed by atoms with van der Waals surface area (Å²) in [6.07, 6.45) is 1.88. The quantitative estimate of drug-likeness (QED) is 0.908. The van der Waals surface area contributed by atoms with Gasteiger partial charge in [-0.2, -0.15) is 0 Å². The van der Waals surface area contributed by atoms with Crippen molar-refractivity contribution >= 4 is 29.1 Å². The molecule has 0 radical (unpaired) electrons. The normalized spacial score (nSPS) is 14.1. The second-order valence-electron chi connectivity index (χ2n) is 4.50. The van der Waals surface area contributed by atoms with Crippen LogP contribution in [0.3, 0.4) is 0 Å². The second kappa shape index (κ2) is 5.40. The average Bonchev–Trinajstić information content (AvgIpc) is 3.15. The third-order valence-corrected chi connectivity index (χ3v) is 3.16. The van der Waals surface area contributed by atoms with Crippen LogP contribution in [-0.2, 0) is 9.59 Å². The smallest absolute Gasteiger partial charge is 0.244 e. The van der Waals surface area contributed by atoms with Crippen LogP contribution in [0.2, 0.25) is 5.02 Å². The molecule has 4 nitrogen and oxygen atoms in total. The van der Waals surface area contributed by atoms with Crippen molar-refractivity contribution in [2.24, 2.45) is 5.92 Å². The van der Waals surface area contributed by atoms with Crippen LogP contribution < -0.4 is 5.32 Å². The average molecular weight is 267 g/mol. The predicted molar refractivity (Wildman–Crippen MR) is 70.4 cm³/mol. The van der Waals surface area contributed by atoms with Crippen LogP contribution in [0, 0.1) is 5.92 Å². The number of hydrogen-bond acceptors (Lipinski definition) is 2. The van der Waals surface area contributed by atoms with Gasteiger partial charge < -0.3 is 10.2 Å². The Morgan fingerprint density at radius 3 is 2.67 bits per heavy atom. The van der Waals surface area contributed by atoms with Gasteiger partial charge in [0.15, 0.2) is 0 Å². The number of halogens is 1. The van der Waals surface area contributed by atoms with E-state index in [1.807, 2.05) is 0 Å². The van der Waals surface area contributed by atoms with Crippen molar-refractivity contribution in [3.8, 4) is 0 Å². The van der Waals surface area contributed by atoms with Gasteiger partial charge in [-0.05, 0) is 25.0 Å². The SMILES string of the molecule is CN(CC(=O)Nc1ccccc1Cl)C(=O)C1CC1. The van der Waals surface area contributed by atoms with Crippen molar-refractivity contribution in [3.63, 3.8) is 0 Å². The highest BCUT2D eigenvalue weighted by Gasteiger charge is 2.32. The molecule has 18 heavy (non-hydrogen) atoms. The van der Waals surface area contributed by atoms with Crippen molar-refractivity contribution in [1.82, 2.24) is 4.90 Å². The number of benzene rings is 1. The minimum atomic E-state index is -0.236. The summed E-state index contributed by atoms with van der Waals surface area (Å²) < 4.78 is 0. The van der Waals surface area contributed by atoms with Gasteiger partial charge in [-0.3, -0.25) is 9.59 Å². The van der Waals surface area contributed by atoms with Crippen LogP contribution in [-0.4, -0.2) is 30.3 Å². The van der Waals surface area contributed by atoms with Gasteiger partial charge in [-0.25, -0.2) is 0 Å². The van der Waals surface area contributed by atoms with Gasteiger partial charge in [-0.15, -0.1) is 0 Å². The lowest BCUT2D eigenvalue weighted by atomic mass is 10.3. The van der Waals surface area contributed by atoms with Gasteiger partial charge in [0.05, 0.1) is 17.3 Å². The van der Waals surface area contributed by atoms with E-state index in [2.05, 4.69) is 5.32 Å². The van der Waals surface area contributed by atoms with Crippen LogP contribution in [0.5, 0.6) is 0 Å². The van der Waals surface area contributed by atoms with E-state index in [1.54, 1.807) is 31.3 Å². The molecule has 1 aliphatic rings. The molecule has 0 atom stereocenters. The molecule has 2 amide bonds. The zero-order chi connectivity index (χ0) is 13.1. The number of carbonyl (C=O) groups excluding carboxylic acids is 2. The lowest BCUT2D eigenvalue weighted by Gasteiger charge is -2.16. The Balaban J connectivity index is 1.88. The van der Waals surface area contributed by atoms with Gasteiger partial charge in [0, 0.05) is 13.0 Å². The maximum absolute atomic E-state index is 11.8. The van der Waals surface area contributed by atoms with E-state index in [0.717, 1.165) is 12.8 Å². The monoisotopic (exact) mass is 266 g/mol. The number of hydrogen-bond donors (Lipinski definition) is 1. The van der Waals surface area contributed by atoms with Gasteiger partial charge in [0.1, 0.15) is 0 Å². The molecule has 0 aromatic heterocycles. The Kier molecular flexibility index (Phi) is 3.87. The molecule has 1 aromatic carbocycles. The summed E-state index contributed by atoms with van der Waals surface area (Å²) in [6, 6.07) is 7.01. The first kappa shape index (κ1) is 12.9. The largest absolute Gasteiger partial charge is 0.336 e. The fourth-order valence-corrected chi connectivity index (χ4v) is 1.87. The van der Waals surface area contributed by atoms with E-state index >= 15 is 0 Å². The number of amides is 2. The highest BCUT2D eigenvalue weighted by Crippen LogP contribution is 2.30. The second-order valence-corrected chi connectivity index (χ2v) is 4.90. The number of anilines is 1. The molecule has 96 valence electrons. The van der Waals surface area contributed by atoms with Crippen LogP contribution >= 0.6 is 11.6 Å². The van der Waals surface area contributed by atoms with E-state index in [9.17, 15) is 9.59 Å². The molecule has 1 N–H and O–H groups in total. The van der Waals surface area contributed by atoms with Crippen molar-refractivity contribution in [2.75, 3.05) is 18.9 Å². The summed E-state index contributed by atoms with van der Waals surface area (Å²) in [5.41, 5.74) is 0.566. The first-order chi connectivity index (χ1) is 8.58. The zero-order valence-corrected chi connectivity index (χ0v) is 10.9. The molecule has 0 bridgehead atoms. The minimum absolute atomic E-state index is 0.0457. The summed E-state index contributed by atoms with van der Waals surface area (Å²) in [7, 11) is 1.65. The fourth-order valence-electron chi connectivity index (χ4n) is 1.69. The highest BCUT2D eigenvalue weighted by molar-refractivity contribution is 6.33. The number of nitrogens with zero attached hydrogens (tertiary/aromatic N) is 1. The van der Waals surface area contributed by atoms with E-state index in [0.29, 0.717) is 10.7 Å². The van der Waals surface area contributed by atoms with Gasteiger partial charge in [-0.1, -0.05) is 23.7 Å². The maximum atomic E-state index is 11.8. The van der Waals surface area contributed by atoms with E-state index in [-0.39, 0.29) is 24.3 Å². The first-order valence-electron chi connectivity index (χ1n) is 5.87. The van der Waals surface area contributed by atoms with Crippen molar-refractivity contribution in [3.05, 3.63) is 29.3 Å². The zero-order valence-electron chi connectivity index (χ0n) is 10.1. The van der Waals surface area contributed by atoms with E-state index in [4.69, 9.17) is 11.6 Å². The van der Waals surface area contributed by atoms with Crippen LogP contribution in [0.25, 0.3) is 0 Å². The molecule has 1 saturated carbocycles. The number of likely N-dealkylation sites (N-methyl/N-ethyl adjacent to an activating group) is 1. The number of rotatable bonds is 4. The summed E-state index contributed by atoms with van der Waals surface area (Å²) >= 11 is 5.93. The lowest BCUT2D eigenvalue weighted by molar-refractivity contribution is -0.134. The molecule has 0 unspecified atom stereocenters. The van der Waals surface area contributed by atoms with Crippen molar-refractivity contribution < 1.29 is 9.59 Å². The van der Waals surface area contributed by atoms with E-state index in [1.165, 1.54) is 4.90 Å². The van der Waals surface area contributed by atoms with Crippen LogP contribution in [0.4, 0.5) is 5.69 Å². The molecule has 1 aromatic rings. The summed E-state index contributed by atoms with van der Waals surface area (Å²) in [6.45, 7) is 0.0561. The van der Waals surface area contributed by atoms with Crippen molar-refractivity contribution in [1.29, 1.82) is 0 Å². The van der Waals surface area contributed by atoms with Crippen LogP contribution in [0.1, 0.15) is 12.8 Å². The molecule has 5 heteroatoms. The minimum Gasteiger partial charge on any atom is -0.336 e. The Morgan fingerprint density at radius 2 is 2.06 bits per heavy atom. The van der Waals surface area contributed by atoms with Gasteiger partial charge in [0.25, 0.3) is 0 Å². The topological polar surface area (TPSA) is 49.4 Å². The molecule has 1 aliphatic carbocycles. The predicted octanol–water partition coefficient (Wildman–Crippen LogP) is 2.15. The highest BCUT2D eigenvalue weighted by atomic mass is 35.5. The van der Waals surface area contributed by atoms with Crippen molar-refractivity contribution in [2.45, 2.75) is 12.8 Å². The molecule has 0 spiro atoms. The first-order valence-corrected chi connectivity index (χ1v) is 6.25. The number of para-hydroxylation sites is 1. The molecular weight excluding hydrogens is 252 g/mol. The Bertz CT molecular complexity index is 472. The fraction of sp³-hybridized carbons (Fsp3) is 0.385. The lowest BCUT2D eigenvalue weighted by Crippen LogP contribution is -2.35. The van der Waals surface area contributed by atoms with Crippen LogP contribution in [0.15, 0.2) is 24.3 Å². The third kappa shape index (κ3) is 3.23. The standard InChI is InChI=1S/C13H15ClN2O2/c1-16(13(18)9-6-7-9)8-12(17)15-11-5-3-2-4-10(11)14/h2-5,9H,6-8H2,1H3,(H,15,17). The molecule has 0 heterocycles.